The van der Waals surface area contributed by atoms with Crippen molar-refractivity contribution in [2.45, 2.75) is 24.8 Å². The third-order valence-corrected chi connectivity index (χ3v) is 5.37. The highest BCUT2D eigenvalue weighted by Gasteiger charge is 2.51. The molecule has 1 saturated carbocycles. The molecule has 2 N–H and O–H groups in total. The monoisotopic (exact) mass is 423 g/mol. The van der Waals surface area contributed by atoms with Gasteiger partial charge in [0.05, 0.1) is 5.54 Å². The summed E-state index contributed by atoms with van der Waals surface area (Å²) in [4.78, 5) is 26.4. The maximum absolute atomic E-state index is 12.9. The number of aliphatic imine (C=N–C) groups is 1. The Morgan fingerprint density at radius 1 is 1.39 bits per heavy atom. The van der Waals surface area contributed by atoms with Crippen molar-refractivity contribution in [3.63, 3.8) is 0 Å². The molecule has 1 aromatic heterocycles. The summed E-state index contributed by atoms with van der Waals surface area (Å²) >= 11 is 0. The number of fused-ring (bicyclic) bond motifs is 2. The molecule has 1 spiro atoms. The van der Waals surface area contributed by atoms with E-state index in [9.17, 15) is 9.18 Å². The summed E-state index contributed by atoms with van der Waals surface area (Å²) in [6.45, 7) is 3.41. The molecule has 1 fully saturated rings. The first kappa shape index (κ1) is 20.5. The van der Waals surface area contributed by atoms with Gasteiger partial charge in [-0.25, -0.2) is 24.1 Å². The number of aromatic nitrogens is 2. The van der Waals surface area contributed by atoms with Gasteiger partial charge in [-0.15, -0.1) is 0 Å². The first-order chi connectivity index (χ1) is 15.0. The maximum Gasteiger partial charge on any atom is 0.416 e. The van der Waals surface area contributed by atoms with Gasteiger partial charge in [-0.1, -0.05) is 6.58 Å². The zero-order valence-electron chi connectivity index (χ0n) is 16.8. The van der Waals surface area contributed by atoms with Crippen LogP contribution in [0, 0.1) is 0 Å². The van der Waals surface area contributed by atoms with Crippen LogP contribution >= 0.6 is 0 Å². The fraction of sp³-hybridized carbons (Fsp3) is 0.273. The Labute approximate surface area is 178 Å². The molecule has 160 valence electrons. The van der Waals surface area contributed by atoms with E-state index in [1.165, 1.54) is 6.20 Å². The normalized spacial score (nSPS) is 17.3. The molecular formula is C22H22FN5O3. The number of ether oxygens (including phenoxy) is 2. The van der Waals surface area contributed by atoms with Crippen molar-refractivity contribution in [1.82, 2.24) is 14.9 Å². The second kappa shape index (κ2) is 8.55. The van der Waals surface area contributed by atoms with E-state index in [1.807, 2.05) is 12.1 Å². The third-order valence-electron chi connectivity index (χ3n) is 5.37. The molecule has 9 heteroatoms. The van der Waals surface area contributed by atoms with E-state index in [1.54, 1.807) is 35.5 Å². The number of hydrogen-bond acceptors (Lipinski definition) is 6. The number of amides is 1. The van der Waals surface area contributed by atoms with Crippen LogP contribution in [-0.4, -0.2) is 40.0 Å². The second-order valence-corrected chi connectivity index (χ2v) is 7.36. The number of alkyl halides is 1. The van der Waals surface area contributed by atoms with Crippen molar-refractivity contribution in [2.24, 2.45) is 10.7 Å². The van der Waals surface area contributed by atoms with Crippen LogP contribution in [0.25, 0.3) is 0 Å². The molecule has 1 aromatic carbocycles. The lowest BCUT2D eigenvalue weighted by atomic mass is 9.69. The molecule has 0 bridgehead atoms. The number of benzene rings is 1. The standard InChI is InChI=1S/C22H22FN5O3/c1-15(6-11-25-19(24)13-23)14-28-21(29)31-18-12-16(30-20-26-9-3-10-27-20)4-5-17(18)22(28)7-2-8-22/h3-6,9-12H,1-2,7-8,13-14H2,(H2,24,25)/b11-6-. The minimum absolute atomic E-state index is 0.121. The van der Waals surface area contributed by atoms with Crippen LogP contribution in [0.2, 0.25) is 0 Å². The average molecular weight is 423 g/mol. The van der Waals surface area contributed by atoms with Gasteiger partial charge in [0.15, 0.2) is 0 Å². The largest absolute Gasteiger partial charge is 0.424 e. The van der Waals surface area contributed by atoms with Gasteiger partial charge in [-0.3, -0.25) is 4.90 Å². The molecule has 4 rings (SSSR count). The second-order valence-electron chi connectivity index (χ2n) is 7.36. The lowest BCUT2D eigenvalue weighted by molar-refractivity contribution is 0.0134. The van der Waals surface area contributed by atoms with Crippen molar-refractivity contribution in [3.05, 3.63) is 66.7 Å². The number of carbonyl (C=O) groups is 1. The number of nitrogens with two attached hydrogens (primary N) is 1. The topological polar surface area (TPSA) is 103 Å². The number of hydrogen-bond donors (Lipinski definition) is 1. The number of rotatable bonds is 7. The van der Waals surface area contributed by atoms with E-state index in [0.29, 0.717) is 17.1 Å². The maximum atomic E-state index is 12.9. The summed E-state index contributed by atoms with van der Waals surface area (Å²) in [5.41, 5.74) is 6.45. The number of carbonyl (C=O) groups excluding carboxylic acids is 1. The lowest BCUT2D eigenvalue weighted by Gasteiger charge is -2.52. The van der Waals surface area contributed by atoms with Gasteiger partial charge < -0.3 is 15.2 Å². The van der Waals surface area contributed by atoms with Crippen LogP contribution in [0.4, 0.5) is 9.18 Å². The van der Waals surface area contributed by atoms with Crippen LogP contribution in [0.15, 0.2) is 66.1 Å². The molecule has 0 atom stereocenters. The van der Waals surface area contributed by atoms with Crippen LogP contribution in [0.5, 0.6) is 17.5 Å². The summed E-state index contributed by atoms with van der Waals surface area (Å²) in [5.74, 6) is 0.830. The summed E-state index contributed by atoms with van der Waals surface area (Å²) in [6, 6.07) is 7.32. The Balaban J connectivity index is 1.55. The molecular weight excluding hydrogens is 401 g/mol. The van der Waals surface area contributed by atoms with E-state index in [0.717, 1.165) is 24.8 Å². The highest BCUT2D eigenvalue weighted by Crippen LogP contribution is 2.53. The molecule has 1 aliphatic carbocycles. The van der Waals surface area contributed by atoms with Crippen molar-refractivity contribution in [3.8, 4) is 17.5 Å². The zero-order valence-corrected chi connectivity index (χ0v) is 16.8. The molecule has 8 nitrogen and oxygen atoms in total. The van der Waals surface area contributed by atoms with Crippen LogP contribution in [-0.2, 0) is 5.54 Å². The molecule has 0 unspecified atom stereocenters. The SMILES string of the molecule is C=C(/C=C\N=C(N)CF)CN1C(=O)Oc2cc(Oc3ncccn3)ccc2C12CCC2. The van der Waals surface area contributed by atoms with Crippen LogP contribution in [0.1, 0.15) is 24.8 Å². The molecule has 1 aliphatic heterocycles. The van der Waals surface area contributed by atoms with E-state index >= 15 is 0 Å². The van der Waals surface area contributed by atoms with Gasteiger partial charge >= 0.3 is 12.1 Å². The number of nitrogens with zero attached hydrogens (tertiary/aromatic N) is 4. The molecule has 2 aliphatic rings. The Hall–Kier alpha value is -3.75. The minimum Gasteiger partial charge on any atom is -0.424 e. The van der Waals surface area contributed by atoms with Crippen LogP contribution < -0.4 is 15.2 Å². The van der Waals surface area contributed by atoms with Crippen molar-refractivity contribution in [2.75, 3.05) is 13.2 Å². The summed E-state index contributed by atoms with van der Waals surface area (Å²) < 4.78 is 23.7. The molecule has 2 heterocycles. The Bertz CT molecular complexity index is 1050. The minimum atomic E-state index is -0.822. The van der Waals surface area contributed by atoms with E-state index in [2.05, 4.69) is 21.5 Å². The molecule has 31 heavy (non-hydrogen) atoms. The number of amidine groups is 1. The fourth-order valence-electron chi connectivity index (χ4n) is 3.74. The predicted molar refractivity (Wildman–Crippen MR) is 113 cm³/mol. The molecule has 1 amide bonds. The van der Waals surface area contributed by atoms with Crippen molar-refractivity contribution >= 4 is 11.9 Å². The van der Waals surface area contributed by atoms with E-state index in [4.69, 9.17) is 15.2 Å². The first-order valence-corrected chi connectivity index (χ1v) is 9.83. The van der Waals surface area contributed by atoms with Gasteiger partial charge in [0, 0.05) is 36.8 Å². The Morgan fingerprint density at radius 2 is 2.16 bits per heavy atom. The van der Waals surface area contributed by atoms with E-state index < -0.39 is 18.3 Å². The Morgan fingerprint density at radius 3 is 2.84 bits per heavy atom. The lowest BCUT2D eigenvalue weighted by Crippen LogP contribution is -2.57. The average Bonchev–Trinajstić information content (AvgIpc) is 2.73. The quantitative estimate of drug-likeness (QED) is 0.412. The summed E-state index contributed by atoms with van der Waals surface area (Å²) in [6.07, 6.45) is 8.33. The van der Waals surface area contributed by atoms with Crippen LogP contribution in [0.3, 0.4) is 0 Å². The first-order valence-electron chi connectivity index (χ1n) is 9.83. The zero-order chi connectivity index (χ0) is 21.8. The van der Waals surface area contributed by atoms with Gasteiger partial charge in [0.1, 0.15) is 24.0 Å². The van der Waals surface area contributed by atoms with Gasteiger partial charge in [0.25, 0.3) is 0 Å². The van der Waals surface area contributed by atoms with Crippen molar-refractivity contribution in [1.29, 1.82) is 0 Å². The molecule has 2 aromatic rings. The predicted octanol–water partition coefficient (Wildman–Crippen LogP) is 3.86. The third kappa shape index (κ3) is 4.11. The Kier molecular flexibility index (Phi) is 5.66. The molecule has 0 radical (unpaired) electrons. The van der Waals surface area contributed by atoms with Gasteiger partial charge in [-0.05, 0) is 49.1 Å². The van der Waals surface area contributed by atoms with E-state index in [-0.39, 0.29) is 18.4 Å². The highest BCUT2D eigenvalue weighted by molar-refractivity contribution is 5.82. The van der Waals surface area contributed by atoms with Gasteiger partial charge in [0.2, 0.25) is 0 Å². The molecule has 0 saturated heterocycles. The smallest absolute Gasteiger partial charge is 0.416 e. The van der Waals surface area contributed by atoms with Gasteiger partial charge in [-0.2, -0.15) is 0 Å². The number of halogens is 1. The van der Waals surface area contributed by atoms with Crippen molar-refractivity contribution < 1.29 is 18.7 Å². The highest BCUT2D eigenvalue weighted by atomic mass is 19.1. The summed E-state index contributed by atoms with van der Waals surface area (Å²) in [7, 11) is 0. The summed E-state index contributed by atoms with van der Waals surface area (Å²) in [5, 5.41) is 0. The fourth-order valence-corrected chi connectivity index (χ4v) is 3.74.